The molecule has 27 heavy (non-hydrogen) atoms. The van der Waals surface area contributed by atoms with Crippen LogP contribution in [0.25, 0.3) is 0 Å². The van der Waals surface area contributed by atoms with Gasteiger partial charge in [0, 0.05) is 17.4 Å². The van der Waals surface area contributed by atoms with E-state index in [-0.39, 0.29) is 11.4 Å². The van der Waals surface area contributed by atoms with Crippen molar-refractivity contribution in [1.29, 1.82) is 0 Å². The zero-order valence-corrected chi connectivity index (χ0v) is 18.8. The molecule has 4 atom stereocenters. The molecule has 0 radical (unpaired) electrons. The Morgan fingerprint density at radius 1 is 1.30 bits per heavy atom. The monoisotopic (exact) mass is 408 g/mol. The van der Waals surface area contributed by atoms with Crippen LogP contribution in [0.3, 0.4) is 0 Å². The van der Waals surface area contributed by atoms with Crippen molar-refractivity contribution < 1.29 is 9.53 Å². The van der Waals surface area contributed by atoms with Crippen molar-refractivity contribution in [2.45, 2.75) is 70.5 Å². The van der Waals surface area contributed by atoms with Crippen LogP contribution in [0.4, 0.5) is 0 Å². The van der Waals surface area contributed by atoms with E-state index in [9.17, 15) is 4.79 Å². The maximum absolute atomic E-state index is 12.1. The predicted molar refractivity (Wildman–Crippen MR) is 121 cm³/mol. The zero-order chi connectivity index (χ0) is 19.9. The van der Waals surface area contributed by atoms with E-state index in [4.69, 9.17) is 4.74 Å². The number of carbonyl (C=O) groups is 1. The van der Waals surface area contributed by atoms with Crippen molar-refractivity contribution in [1.82, 2.24) is 0 Å². The lowest BCUT2D eigenvalue weighted by Gasteiger charge is -2.44. The normalized spacial score (nSPS) is 30.7. The molecule has 2 aliphatic rings. The quantitative estimate of drug-likeness (QED) is 0.168. The van der Waals surface area contributed by atoms with Crippen molar-refractivity contribution >= 4 is 27.6 Å². The third kappa shape index (κ3) is 6.74. The molecule has 152 valence electrons. The molecule has 1 aliphatic carbocycles. The minimum atomic E-state index is -0.0860. The highest BCUT2D eigenvalue weighted by atomic mass is 33.1. The number of rotatable bonds is 10. The van der Waals surface area contributed by atoms with Gasteiger partial charge in [0.1, 0.15) is 6.61 Å². The van der Waals surface area contributed by atoms with Crippen molar-refractivity contribution in [3.8, 4) is 0 Å². The Morgan fingerprint density at radius 3 is 2.70 bits per heavy atom. The third-order valence-corrected chi connectivity index (χ3v) is 9.31. The zero-order valence-electron chi connectivity index (χ0n) is 17.1. The highest BCUT2D eigenvalue weighted by molar-refractivity contribution is 8.77. The number of allylic oxidation sites excluding steroid dienone is 2. The fourth-order valence-electron chi connectivity index (χ4n) is 4.21. The van der Waals surface area contributed by atoms with Gasteiger partial charge < -0.3 is 4.74 Å². The average molecular weight is 409 g/mol. The lowest BCUT2D eigenvalue weighted by Crippen LogP contribution is -2.35. The third-order valence-electron chi connectivity index (χ3n) is 6.31. The number of unbranched alkanes of at least 4 members (excludes halogenated alkanes) is 1. The minimum absolute atomic E-state index is 0.0341. The Balaban J connectivity index is 1.74. The summed E-state index contributed by atoms with van der Waals surface area (Å²) in [6.45, 7) is 17.2. The first kappa shape index (κ1) is 22.7. The number of hydrogen-bond acceptors (Lipinski definition) is 4. The molecule has 2 fully saturated rings. The van der Waals surface area contributed by atoms with Crippen LogP contribution >= 0.6 is 21.6 Å². The molecule has 1 aliphatic heterocycles. The van der Waals surface area contributed by atoms with E-state index >= 15 is 0 Å². The van der Waals surface area contributed by atoms with Crippen LogP contribution < -0.4 is 0 Å². The summed E-state index contributed by atoms with van der Waals surface area (Å²) < 4.78 is 5.56. The average Bonchev–Trinajstić information content (AvgIpc) is 3.17. The standard InChI is InChI=1S/C23H36O2S2/c1-6-23(5)13-11-19(17(2)3)15-21(23)18(4)16-25-22(24)10-8-7-9-20-12-14-26-27-20/h6,19-21H,1-2,4,7-16H2,3,5H3/t19-,20?,21+,23-/m1/s1. The van der Waals surface area contributed by atoms with Crippen LogP contribution in [0.15, 0.2) is 37.0 Å². The van der Waals surface area contributed by atoms with Crippen LogP contribution in [0.1, 0.15) is 65.2 Å². The fraction of sp³-hybridized carbons (Fsp3) is 0.696. The Kier molecular flexibility index (Phi) is 9.07. The molecule has 1 saturated heterocycles. The van der Waals surface area contributed by atoms with Crippen molar-refractivity contribution in [3.05, 3.63) is 37.0 Å². The molecule has 0 N–H and O–H groups in total. The second-order valence-electron chi connectivity index (χ2n) is 8.47. The summed E-state index contributed by atoms with van der Waals surface area (Å²) in [6.07, 6.45) is 10.4. The summed E-state index contributed by atoms with van der Waals surface area (Å²) in [6, 6.07) is 0. The second kappa shape index (κ2) is 10.8. The summed E-state index contributed by atoms with van der Waals surface area (Å²) in [5.41, 5.74) is 2.30. The van der Waals surface area contributed by atoms with E-state index in [1.54, 1.807) is 0 Å². The highest BCUT2D eigenvalue weighted by Crippen LogP contribution is 2.48. The summed E-state index contributed by atoms with van der Waals surface area (Å²) >= 11 is 0. The summed E-state index contributed by atoms with van der Waals surface area (Å²) in [5.74, 6) is 2.02. The molecule has 1 unspecified atom stereocenters. The molecule has 0 aromatic carbocycles. The minimum Gasteiger partial charge on any atom is -0.461 e. The van der Waals surface area contributed by atoms with Gasteiger partial charge in [-0.15, -0.1) is 6.58 Å². The van der Waals surface area contributed by atoms with Crippen molar-refractivity contribution in [2.24, 2.45) is 17.3 Å². The largest absolute Gasteiger partial charge is 0.461 e. The van der Waals surface area contributed by atoms with Gasteiger partial charge in [0.15, 0.2) is 0 Å². The first-order valence-corrected chi connectivity index (χ1v) is 12.6. The van der Waals surface area contributed by atoms with Gasteiger partial charge in [0.05, 0.1) is 0 Å². The number of hydrogen-bond donors (Lipinski definition) is 0. The Morgan fingerprint density at radius 2 is 2.07 bits per heavy atom. The number of carbonyl (C=O) groups excluding carboxylic acids is 1. The van der Waals surface area contributed by atoms with E-state index in [1.807, 2.05) is 21.6 Å². The predicted octanol–water partition coefficient (Wildman–Crippen LogP) is 6.98. The van der Waals surface area contributed by atoms with Gasteiger partial charge in [0.2, 0.25) is 0 Å². The van der Waals surface area contributed by atoms with Gasteiger partial charge in [-0.25, -0.2) is 0 Å². The van der Waals surface area contributed by atoms with E-state index in [0.717, 1.165) is 42.9 Å². The summed E-state index contributed by atoms with van der Waals surface area (Å²) in [7, 11) is 3.99. The molecule has 1 heterocycles. The molecular formula is C23H36O2S2. The summed E-state index contributed by atoms with van der Waals surface area (Å²) in [4.78, 5) is 12.1. The molecule has 0 bridgehead atoms. The van der Waals surface area contributed by atoms with Crippen LogP contribution in [-0.2, 0) is 9.53 Å². The topological polar surface area (TPSA) is 26.3 Å². The maximum Gasteiger partial charge on any atom is 0.306 e. The molecule has 2 rings (SSSR count). The molecule has 4 heteroatoms. The van der Waals surface area contributed by atoms with Gasteiger partial charge in [-0.05, 0) is 68.3 Å². The molecule has 2 nitrogen and oxygen atoms in total. The van der Waals surface area contributed by atoms with E-state index < -0.39 is 0 Å². The maximum atomic E-state index is 12.1. The number of ether oxygens (including phenoxy) is 1. The molecule has 0 spiro atoms. The number of esters is 1. The van der Waals surface area contributed by atoms with E-state index in [1.165, 1.54) is 24.2 Å². The SMILES string of the molecule is C=C[C@]1(C)CC[C@@H](C(=C)C)C[C@H]1C(=C)COC(=O)CCCCC1CCSS1. The molecule has 0 aromatic heterocycles. The Labute approximate surface area is 174 Å². The van der Waals surface area contributed by atoms with E-state index in [0.29, 0.717) is 24.9 Å². The van der Waals surface area contributed by atoms with Gasteiger partial charge in [0.25, 0.3) is 0 Å². The second-order valence-corrected chi connectivity index (χ2v) is 11.3. The van der Waals surface area contributed by atoms with Crippen molar-refractivity contribution in [3.63, 3.8) is 0 Å². The molecule has 1 saturated carbocycles. The van der Waals surface area contributed by atoms with Crippen molar-refractivity contribution in [2.75, 3.05) is 12.4 Å². The summed E-state index contributed by atoms with van der Waals surface area (Å²) in [5, 5.41) is 0.787. The van der Waals surface area contributed by atoms with Crippen LogP contribution in [0.2, 0.25) is 0 Å². The first-order valence-electron chi connectivity index (χ1n) is 10.3. The van der Waals surface area contributed by atoms with Crippen LogP contribution in [-0.4, -0.2) is 23.6 Å². The fourth-order valence-corrected chi connectivity index (χ4v) is 7.24. The van der Waals surface area contributed by atoms with E-state index in [2.05, 4.69) is 39.7 Å². The first-order chi connectivity index (χ1) is 12.9. The van der Waals surface area contributed by atoms with Gasteiger partial charge in [-0.3, -0.25) is 4.79 Å². The van der Waals surface area contributed by atoms with Crippen LogP contribution in [0.5, 0.6) is 0 Å². The van der Waals surface area contributed by atoms with Gasteiger partial charge in [-0.1, -0.05) is 59.7 Å². The highest BCUT2D eigenvalue weighted by Gasteiger charge is 2.39. The molecule has 0 aromatic rings. The smallest absolute Gasteiger partial charge is 0.306 e. The van der Waals surface area contributed by atoms with Gasteiger partial charge in [-0.2, -0.15) is 0 Å². The molecule has 0 amide bonds. The Hall–Kier alpha value is -0.610. The molecular weight excluding hydrogens is 372 g/mol. The Bertz CT molecular complexity index is 551. The van der Waals surface area contributed by atoms with Crippen LogP contribution in [0, 0.1) is 17.3 Å². The lowest BCUT2D eigenvalue weighted by molar-refractivity contribution is -0.143. The lowest BCUT2D eigenvalue weighted by atomic mass is 9.61. The van der Waals surface area contributed by atoms with Gasteiger partial charge >= 0.3 is 5.97 Å².